The summed E-state index contributed by atoms with van der Waals surface area (Å²) in [6.07, 6.45) is 4.15. The molecule has 0 spiro atoms. The molecule has 3 N–H and O–H groups in total. The first kappa shape index (κ1) is 24.5. The Morgan fingerprint density at radius 1 is 0.971 bits per heavy atom. The molecule has 2 amide bonds. The summed E-state index contributed by atoms with van der Waals surface area (Å²) in [5.41, 5.74) is 4.67. The average molecular weight is 479 g/mol. The number of carboxylic acids is 1. The predicted molar refractivity (Wildman–Crippen MR) is 130 cm³/mol. The van der Waals surface area contributed by atoms with E-state index in [1.807, 2.05) is 30.3 Å². The van der Waals surface area contributed by atoms with Crippen molar-refractivity contribution >= 4 is 18.0 Å². The number of amides is 2. The zero-order valence-electron chi connectivity index (χ0n) is 19.4. The fraction of sp³-hybridized carbons (Fsp3) is 0.370. The Morgan fingerprint density at radius 2 is 1.66 bits per heavy atom. The van der Waals surface area contributed by atoms with Crippen molar-refractivity contribution in [3.05, 3.63) is 71.8 Å². The van der Waals surface area contributed by atoms with Crippen LogP contribution in [-0.4, -0.2) is 55.5 Å². The Bertz CT molecular complexity index is 1050. The van der Waals surface area contributed by atoms with Gasteiger partial charge < -0.3 is 25.2 Å². The number of aliphatic carboxylic acids is 1. The first-order chi connectivity index (χ1) is 17.0. The van der Waals surface area contributed by atoms with E-state index in [0.29, 0.717) is 12.8 Å². The quantitative estimate of drug-likeness (QED) is 0.356. The third kappa shape index (κ3) is 6.27. The number of hydrogen-bond donors (Lipinski definition) is 3. The first-order valence-electron chi connectivity index (χ1n) is 11.9. The van der Waals surface area contributed by atoms with Crippen LogP contribution >= 0.6 is 0 Å². The van der Waals surface area contributed by atoms with Gasteiger partial charge in [0, 0.05) is 24.9 Å². The molecule has 0 saturated heterocycles. The van der Waals surface area contributed by atoms with Crippen LogP contribution in [0.3, 0.4) is 0 Å². The second kappa shape index (κ2) is 11.7. The highest BCUT2D eigenvalue weighted by Gasteiger charge is 2.29. The molecule has 0 fully saturated rings. The number of alkyl carbamates (subject to hydrolysis) is 1. The number of rotatable bonds is 10. The van der Waals surface area contributed by atoms with E-state index in [1.165, 1.54) is 11.1 Å². The van der Waals surface area contributed by atoms with Gasteiger partial charge in [-0.1, -0.05) is 60.7 Å². The highest BCUT2D eigenvalue weighted by molar-refractivity contribution is 5.79. The molecule has 2 unspecified atom stereocenters. The predicted octanol–water partition coefficient (Wildman–Crippen LogP) is 3.47. The van der Waals surface area contributed by atoms with Crippen molar-refractivity contribution in [1.82, 2.24) is 10.6 Å². The number of carboxylic acid groups (broad SMARTS) is 1. The van der Waals surface area contributed by atoms with Crippen molar-refractivity contribution in [1.29, 1.82) is 0 Å². The molecule has 8 heteroatoms. The summed E-state index contributed by atoms with van der Waals surface area (Å²) in [7, 11) is 0. The van der Waals surface area contributed by atoms with Gasteiger partial charge in [0.05, 0.1) is 19.1 Å². The van der Waals surface area contributed by atoms with Gasteiger partial charge in [-0.25, -0.2) is 4.79 Å². The van der Waals surface area contributed by atoms with Gasteiger partial charge in [-0.2, -0.15) is 0 Å². The second-order valence-electron chi connectivity index (χ2n) is 8.72. The Morgan fingerprint density at radius 3 is 2.34 bits per heavy atom. The third-order valence-corrected chi connectivity index (χ3v) is 6.36. The van der Waals surface area contributed by atoms with Crippen molar-refractivity contribution in [2.75, 3.05) is 26.4 Å². The minimum Gasteiger partial charge on any atom is -0.481 e. The van der Waals surface area contributed by atoms with Crippen LogP contribution < -0.4 is 10.6 Å². The molecule has 0 radical (unpaired) electrons. The zero-order chi connectivity index (χ0) is 24.6. The second-order valence-corrected chi connectivity index (χ2v) is 8.72. The third-order valence-electron chi connectivity index (χ3n) is 6.36. The highest BCUT2D eigenvalue weighted by Crippen LogP contribution is 2.44. The Balaban J connectivity index is 1.11. The normalized spacial score (nSPS) is 18.4. The van der Waals surface area contributed by atoms with Crippen LogP contribution in [-0.2, 0) is 19.1 Å². The summed E-state index contributed by atoms with van der Waals surface area (Å²) in [5.74, 6) is -1.51. The molecule has 0 aliphatic heterocycles. The largest absolute Gasteiger partial charge is 0.481 e. The van der Waals surface area contributed by atoms with Gasteiger partial charge in [-0.3, -0.25) is 9.59 Å². The molecular formula is C27H30N2O6. The summed E-state index contributed by atoms with van der Waals surface area (Å²) >= 11 is 0. The molecule has 0 aromatic heterocycles. The molecular weight excluding hydrogens is 448 g/mol. The lowest BCUT2D eigenvalue weighted by atomic mass is 9.91. The van der Waals surface area contributed by atoms with Gasteiger partial charge in [0.1, 0.15) is 6.61 Å². The number of carbonyl (C=O) groups is 3. The number of fused-ring (bicyclic) bond motifs is 3. The topological polar surface area (TPSA) is 114 Å². The maximum atomic E-state index is 12.2. The van der Waals surface area contributed by atoms with E-state index < -0.39 is 18.0 Å². The molecule has 0 heterocycles. The molecule has 2 aliphatic rings. The Hall–Kier alpha value is -3.65. The van der Waals surface area contributed by atoms with E-state index >= 15 is 0 Å². The van der Waals surface area contributed by atoms with Gasteiger partial charge in [0.15, 0.2) is 0 Å². The molecule has 8 nitrogen and oxygen atoms in total. The summed E-state index contributed by atoms with van der Waals surface area (Å²) in [4.78, 5) is 35.3. The zero-order valence-corrected chi connectivity index (χ0v) is 19.4. The Kier molecular flexibility index (Phi) is 8.15. The van der Waals surface area contributed by atoms with Gasteiger partial charge in [0.2, 0.25) is 5.91 Å². The van der Waals surface area contributed by atoms with Gasteiger partial charge in [-0.05, 0) is 35.1 Å². The van der Waals surface area contributed by atoms with Gasteiger partial charge in [0.25, 0.3) is 0 Å². The summed E-state index contributed by atoms with van der Waals surface area (Å²) in [6, 6.07) is 16.1. The van der Waals surface area contributed by atoms with Crippen LogP contribution in [0.15, 0.2) is 60.7 Å². The summed E-state index contributed by atoms with van der Waals surface area (Å²) in [5, 5.41) is 14.6. The van der Waals surface area contributed by atoms with Gasteiger partial charge >= 0.3 is 12.1 Å². The fourth-order valence-corrected chi connectivity index (χ4v) is 4.62. The summed E-state index contributed by atoms with van der Waals surface area (Å²) < 4.78 is 10.9. The van der Waals surface area contributed by atoms with Crippen LogP contribution in [0.4, 0.5) is 4.79 Å². The number of nitrogens with one attached hydrogen (secondary N) is 2. The molecule has 2 aliphatic carbocycles. The van der Waals surface area contributed by atoms with E-state index in [2.05, 4.69) is 34.9 Å². The van der Waals surface area contributed by atoms with E-state index in [4.69, 9.17) is 14.6 Å². The number of allylic oxidation sites excluding steroid dienone is 1. The Labute approximate surface area is 204 Å². The van der Waals surface area contributed by atoms with Crippen LogP contribution in [0.25, 0.3) is 11.1 Å². The van der Waals surface area contributed by atoms with E-state index in [-0.39, 0.29) is 50.7 Å². The molecule has 184 valence electrons. The van der Waals surface area contributed by atoms with E-state index in [1.54, 1.807) is 6.08 Å². The van der Waals surface area contributed by atoms with Crippen LogP contribution in [0.5, 0.6) is 0 Å². The number of ether oxygens (including phenoxy) is 2. The van der Waals surface area contributed by atoms with Crippen LogP contribution in [0.2, 0.25) is 0 Å². The van der Waals surface area contributed by atoms with Gasteiger partial charge in [-0.15, -0.1) is 0 Å². The monoisotopic (exact) mass is 478 g/mol. The molecule has 2 aromatic carbocycles. The highest BCUT2D eigenvalue weighted by atomic mass is 16.5. The van der Waals surface area contributed by atoms with Crippen molar-refractivity contribution in [3.8, 4) is 11.1 Å². The summed E-state index contributed by atoms with van der Waals surface area (Å²) in [6.45, 7) is 0.974. The molecule has 2 atom stereocenters. The van der Waals surface area contributed by atoms with Crippen molar-refractivity contribution in [2.45, 2.75) is 31.2 Å². The van der Waals surface area contributed by atoms with Crippen LogP contribution in [0.1, 0.15) is 36.3 Å². The lowest BCUT2D eigenvalue weighted by Gasteiger charge is -2.22. The lowest BCUT2D eigenvalue weighted by molar-refractivity contribution is -0.142. The smallest absolute Gasteiger partial charge is 0.407 e. The lowest BCUT2D eigenvalue weighted by Crippen LogP contribution is -2.38. The maximum Gasteiger partial charge on any atom is 0.407 e. The number of hydrogen-bond acceptors (Lipinski definition) is 5. The molecule has 0 bridgehead atoms. The molecule has 4 rings (SSSR count). The first-order valence-corrected chi connectivity index (χ1v) is 11.9. The average Bonchev–Trinajstić information content (AvgIpc) is 3.18. The SMILES string of the molecule is O=C(CCOCCNC(=O)OCC1c2ccccc2-c2ccccc21)NC1C=CCC(C(=O)O)C1. The van der Waals surface area contributed by atoms with Crippen molar-refractivity contribution in [3.63, 3.8) is 0 Å². The molecule has 2 aromatic rings. The number of benzene rings is 2. The van der Waals surface area contributed by atoms with Crippen LogP contribution in [0, 0.1) is 5.92 Å². The minimum absolute atomic E-state index is 0.00713. The van der Waals surface area contributed by atoms with Crippen molar-refractivity contribution < 1.29 is 29.0 Å². The van der Waals surface area contributed by atoms with Crippen molar-refractivity contribution in [2.24, 2.45) is 5.92 Å². The number of carbonyl (C=O) groups excluding carboxylic acids is 2. The minimum atomic E-state index is -0.846. The molecule has 35 heavy (non-hydrogen) atoms. The van der Waals surface area contributed by atoms with E-state index in [0.717, 1.165) is 11.1 Å². The molecule has 0 saturated carbocycles. The maximum absolute atomic E-state index is 12.2. The van der Waals surface area contributed by atoms with E-state index in [9.17, 15) is 14.4 Å². The standard InChI is InChI=1S/C27H30N2O6/c30-25(29-19-7-5-6-18(16-19)26(31)32)12-14-34-15-13-28-27(33)35-17-24-22-10-3-1-8-20(22)21-9-2-4-11-23(21)24/h1-5,7-11,18-19,24H,6,12-17H2,(H,28,33)(H,29,30)(H,31,32). The fourth-order valence-electron chi connectivity index (χ4n) is 4.62.